The second kappa shape index (κ2) is 10.2. The summed E-state index contributed by atoms with van der Waals surface area (Å²) in [6, 6.07) is 20.6. The van der Waals surface area contributed by atoms with Gasteiger partial charge >= 0.3 is 0 Å². The van der Waals surface area contributed by atoms with Gasteiger partial charge in [0.1, 0.15) is 12.4 Å². The van der Waals surface area contributed by atoms with Crippen molar-refractivity contribution in [3.63, 3.8) is 0 Å². The first kappa shape index (κ1) is 23.0. The molecule has 4 rings (SSSR count). The molecule has 1 heterocycles. The van der Waals surface area contributed by atoms with Gasteiger partial charge in [-0.1, -0.05) is 54.1 Å². The van der Waals surface area contributed by atoms with Gasteiger partial charge < -0.3 is 4.74 Å². The Labute approximate surface area is 200 Å². The SMILES string of the molecule is CCn1nc(C(=O)NNC(=O)c2ccccc2OCc2ccc(Cl)cc2)c2ccccc2c1=O. The molecule has 34 heavy (non-hydrogen) atoms. The molecule has 0 radical (unpaired) electrons. The fourth-order valence-corrected chi connectivity index (χ4v) is 3.51. The Bertz CT molecular complexity index is 1420. The number of fused-ring (bicyclic) bond motifs is 1. The number of hydrazine groups is 1. The average molecular weight is 477 g/mol. The van der Waals surface area contributed by atoms with E-state index in [4.69, 9.17) is 16.3 Å². The molecule has 8 nitrogen and oxygen atoms in total. The molecule has 0 saturated heterocycles. The molecular weight excluding hydrogens is 456 g/mol. The van der Waals surface area contributed by atoms with Gasteiger partial charge in [-0.2, -0.15) is 5.10 Å². The number of halogens is 1. The monoisotopic (exact) mass is 476 g/mol. The lowest BCUT2D eigenvalue weighted by Crippen LogP contribution is -2.43. The number of hydrogen-bond acceptors (Lipinski definition) is 5. The second-order valence-corrected chi connectivity index (χ2v) is 7.77. The number of ether oxygens (including phenoxy) is 1. The lowest BCUT2D eigenvalue weighted by atomic mass is 10.1. The quantitative estimate of drug-likeness (QED) is 0.413. The Hall–Kier alpha value is -4.17. The number of carbonyl (C=O) groups is 2. The number of rotatable bonds is 6. The Morgan fingerprint density at radius 2 is 1.56 bits per heavy atom. The van der Waals surface area contributed by atoms with E-state index in [0.29, 0.717) is 28.1 Å². The first-order chi connectivity index (χ1) is 16.5. The number of benzene rings is 3. The molecule has 9 heteroatoms. The van der Waals surface area contributed by atoms with Crippen LogP contribution in [0, 0.1) is 0 Å². The zero-order valence-corrected chi connectivity index (χ0v) is 19.0. The highest BCUT2D eigenvalue weighted by atomic mass is 35.5. The van der Waals surface area contributed by atoms with E-state index < -0.39 is 11.8 Å². The van der Waals surface area contributed by atoms with Crippen molar-refractivity contribution >= 4 is 34.2 Å². The predicted octanol–water partition coefficient (Wildman–Crippen LogP) is 3.72. The molecule has 0 aliphatic rings. The van der Waals surface area contributed by atoms with Crippen LogP contribution in [0.5, 0.6) is 5.75 Å². The molecule has 0 unspecified atom stereocenters. The van der Waals surface area contributed by atoms with Crippen molar-refractivity contribution < 1.29 is 14.3 Å². The summed E-state index contributed by atoms with van der Waals surface area (Å²) in [7, 11) is 0. The van der Waals surface area contributed by atoms with Crippen molar-refractivity contribution in [1.29, 1.82) is 0 Å². The molecule has 0 aliphatic heterocycles. The number of hydrogen-bond donors (Lipinski definition) is 2. The Morgan fingerprint density at radius 3 is 2.29 bits per heavy atom. The van der Waals surface area contributed by atoms with Gasteiger partial charge in [-0.3, -0.25) is 25.2 Å². The number of carbonyl (C=O) groups excluding carboxylic acids is 2. The number of para-hydroxylation sites is 1. The number of aromatic nitrogens is 2. The van der Waals surface area contributed by atoms with E-state index in [9.17, 15) is 14.4 Å². The first-order valence-corrected chi connectivity index (χ1v) is 10.9. The molecule has 0 atom stereocenters. The minimum absolute atomic E-state index is 0.0321. The standard InChI is InChI=1S/C25H21ClN4O4/c1-2-30-25(33)19-8-4-3-7-18(19)22(29-30)24(32)28-27-23(31)20-9-5-6-10-21(20)34-15-16-11-13-17(26)14-12-16/h3-14H,2,15H2,1H3,(H,27,31)(H,28,32). The zero-order valence-electron chi connectivity index (χ0n) is 18.2. The molecule has 4 aromatic rings. The Balaban J connectivity index is 1.49. The van der Waals surface area contributed by atoms with E-state index >= 15 is 0 Å². The summed E-state index contributed by atoms with van der Waals surface area (Å²) in [5, 5.41) is 5.55. The third-order valence-electron chi connectivity index (χ3n) is 5.11. The lowest BCUT2D eigenvalue weighted by molar-refractivity contribution is 0.0841. The normalized spacial score (nSPS) is 10.6. The summed E-state index contributed by atoms with van der Waals surface area (Å²) in [6.07, 6.45) is 0. The van der Waals surface area contributed by atoms with Crippen LogP contribution in [0.25, 0.3) is 10.8 Å². The van der Waals surface area contributed by atoms with Gasteiger partial charge in [0.15, 0.2) is 5.69 Å². The van der Waals surface area contributed by atoms with Gasteiger partial charge in [0.2, 0.25) is 0 Å². The largest absolute Gasteiger partial charge is 0.488 e. The van der Waals surface area contributed by atoms with Crippen LogP contribution >= 0.6 is 11.6 Å². The van der Waals surface area contributed by atoms with Crippen LogP contribution in [0.3, 0.4) is 0 Å². The van der Waals surface area contributed by atoms with Crippen LogP contribution in [-0.2, 0) is 13.2 Å². The number of nitrogens with one attached hydrogen (secondary N) is 2. The lowest BCUT2D eigenvalue weighted by Gasteiger charge is -2.13. The molecule has 0 spiro atoms. The summed E-state index contributed by atoms with van der Waals surface area (Å²) in [6.45, 7) is 2.30. The van der Waals surface area contributed by atoms with Crippen LogP contribution in [0.1, 0.15) is 33.3 Å². The summed E-state index contributed by atoms with van der Waals surface area (Å²) in [5.41, 5.74) is 5.65. The molecule has 172 valence electrons. The maximum Gasteiger partial charge on any atom is 0.290 e. The maximum absolute atomic E-state index is 12.9. The van der Waals surface area contributed by atoms with Crippen LogP contribution in [-0.4, -0.2) is 21.6 Å². The summed E-state index contributed by atoms with van der Waals surface area (Å²) in [5.74, 6) is -0.855. The average Bonchev–Trinajstić information content (AvgIpc) is 2.87. The molecule has 1 aromatic heterocycles. The molecule has 3 aromatic carbocycles. The summed E-state index contributed by atoms with van der Waals surface area (Å²) in [4.78, 5) is 38.1. The highest BCUT2D eigenvalue weighted by Crippen LogP contribution is 2.20. The van der Waals surface area contributed by atoms with Crippen LogP contribution in [0.4, 0.5) is 0 Å². The highest BCUT2D eigenvalue weighted by molar-refractivity contribution is 6.30. The van der Waals surface area contributed by atoms with Crippen molar-refractivity contribution in [3.05, 3.63) is 105 Å². The van der Waals surface area contributed by atoms with Gasteiger partial charge in [0, 0.05) is 17.0 Å². The maximum atomic E-state index is 12.9. The van der Waals surface area contributed by atoms with E-state index in [2.05, 4.69) is 16.0 Å². The van der Waals surface area contributed by atoms with Crippen molar-refractivity contribution in [2.45, 2.75) is 20.1 Å². The van der Waals surface area contributed by atoms with Gasteiger partial charge in [-0.15, -0.1) is 0 Å². The van der Waals surface area contributed by atoms with E-state index in [1.165, 1.54) is 4.68 Å². The van der Waals surface area contributed by atoms with E-state index in [-0.39, 0.29) is 23.4 Å². The number of nitrogens with zero attached hydrogens (tertiary/aromatic N) is 2. The number of aryl methyl sites for hydroxylation is 1. The molecule has 2 N–H and O–H groups in total. The third kappa shape index (κ3) is 4.92. The topological polar surface area (TPSA) is 102 Å². The smallest absolute Gasteiger partial charge is 0.290 e. The molecule has 0 fully saturated rings. The molecule has 0 saturated carbocycles. The van der Waals surface area contributed by atoms with Gasteiger partial charge in [-0.05, 0) is 42.8 Å². The fourth-order valence-electron chi connectivity index (χ4n) is 3.38. The molecule has 0 bridgehead atoms. The van der Waals surface area contributed by atoms with Gasteiger partial charge in [-0.25, -0.2) is 4.68 Å². The predicted molar refractivity (Wildman–Crippen MR) is 129 cm³/mol. The third-order valence-corrected chi connectivity index (χ3v) is 5.36. The van der Waals surface area contributed by atoms with Crippen LogP contribution < -0.4 is 21.1 Å². The Kier molecular flexibility index (Phi) is 6.89. The summed E-state index contributed by atoms with van der Waals surface area (Å²) < 4.78 is 7.02. The van der Waals surface area contributed by atoms with Crippen molar-refractivity contribution in [2.75, 3.05) is 0 Å². The number of amides is 2. The van der Waals surface area contributed by atoms with E-state index in [0.717, 1.165) is 5.56 Å². The minimum Gasteiger partial charge on any atom is -0.488 e. The van der Waals surface area contributed by atoms with Crippen molar-refractivity contribution in [2.24, 2.45) is 0 Å². The van der Waals surface area contributed by atoms with E-state index in [1.54, 1.807) is 67.6 Å². The fraction of sp³-hybridized carbons (Fsp3) is 0.120. The molecular formula is C25H21ClN4O4. The summed E-state index contributed by atoms with van der Waals surface area (Å²) >= 11 is 5.91. The molecule has 2 amide bonds. The molecule has 0 aliphatic carbocycles. The zero-order chi connectivity index (χ0) is 24.1. The van der Waals surface area contributed by atoms with Crippen LogP contribution in [0.2, 0.25) is 5.02 Å². The van der Waals surface area contributed by atoms with Gasteiger partial charge in [0.05, 0.1) is 10.9 Å². The van der Waals surface area contributed by atoms with Crippen molar-refractivity contribution in [3.8, 4) is 5.75 Å². The Morgan fingerprint density at radius 1 is 0.912 bits per heavy atom. The van der Waals surface area contributed by atoms with E-state index in [1.807, 2.05) is 12.1 Å². The minimum atomic E-state index is -0.647. The second-order valence-electron chi connectivity index (χ2n) is 7.33. The van der Waals surface area contributed by atoms with Crippen LogP contribution in [0.15, 0.2) is 77.6 Å². The van der Waals surface area contributed by atoms with Gasteiger partial charge in [0.25, 0.3) is 17.4 Å². The first-order valence-electron chi connectivity index (χ1n) is 10.5. The van der Waals surface area contributed by atoms with Crippen molar-refractivity contribution in [1.82, 2.24) is 20.6 Å². The highest BCUT2D eigenvalue weighted by Gasteiger charge is 2.18.